The van der Waals surface area contributed by atoms with Crippen molar-refractivity contribution in [3.63, 3.8) is 0 Å². The number of thioether (sulfide) groups is 1. The molecule has 1 aromatic rings. The van der Waals surface area contributed by atoms with E-state index in [1.54, 1.807) is 18.0 Å². The van der Waals surface area contributed by atoms with Crippen LogP contribution < -0.4 is 16.6 Å². The molecule has 0 saturated heterocycles. The number of nitrogen functional groups attached to an aromatic ring is 1. The maximum atomic E-state index is 5.20. The SMILES string of the molecule is CSCC(C)Nc1ccnc(NN)n1. The van der Waals surface area contributed by atoms with Gasteiger partial charge in [-0.3, -0.25) is 5.43 Å². The Kier molecular flexibility index (Phi) is 4.48. The first-order valence-electron chi connectivity index (χ1n) is 4.31. The molecular formula is C8H15N5S. The van der Waals surface area contributed by atoms with Crippen molar-refractivity contribution in [1.29, 1.82) is 0 Å². The van der Waals surface area contributed by atoms with Crippen molar-refractivity contribution < 1.29 is 0 Å². The van der Waals surface area contributed by atoms with Gasteiger partial charge >= 0.3 is 0 Å². The highest BCUT2D eigenvalue weighted by Gasteiger charge is 2.02. The second-order valence-electron chi connectivity index (χ2n) is 2.91. The number of hydrazine groups is 1. The van der Waals surface area contributed by atoms with E-state index < -0.39 is 0 Å². The Hall–Kier alpha value is -1.01. The molecule has 6 heteroatoms. The van der Waals surface area contributed by atoms with Crippen LogP contribution in [0.2, 0.25) is 0 Å². The summed E-state index contributed by atoms with van der Waals surface area (Å²) >= 11 is 1.79. The van der Waals surface area contributed by atoms with Gasteiger partial charge in [0.25, 0.3) is 0 Å². The first-order valence-corrected chi connectivity index (χ1v) is 5.70. The summed E-state index contributed by atoms with van der Waals surface area (Å²) in [5.74, 6) is 7.45. The summed E-state index contributed by atoms with van der Waals surface area (Å²) in [5.41, 5.74) is 2.41. The molecule has 1 rings (SSSR count). The molecule has 5 nitrogen and oxygen atoms in total. The highest BCUT2D eigenvalue weighted by molar-refractivity contribution is 7.98. The highest BCUT2D eigenvalue weighted by atomic mass is 32.2. The van der Waals surface area contributed by atoms with Crippen LogP contribution in [0.15, 0.2) is 12.3 Å². The molecule has 0 amide bonds. The van der Waals surface area contributed by atoms with Crippen molar-refractivity contribution in [2.24, 2.45) is 5.84 Å². The molecular weight excluding hydrogens is 198 g/mol. The first-order chi connectivity index (χ1) is 6.76. The van der Waals surface area contributed by atoms with E-state index in [0.717, 1.165) is 11.6 Å². The summed E-state index contributed by atoms with van der Waals surface area (Å²) in [7, 11) is 0. The van der Waals surface area contributed by atoms with Crippen LogP contribution in [0.3, 0.4) is 0 Å². The van der Waals surface area contributed by atoms with Gasteiger partial charge in [0, 0.05) is 18.0 Å². The van der Waals surface area contributed by atoms with Gasteiger partial charge in [-0.15, -0.1) is 0 Å². The monoisotopic (exact) mass is 213 g/mol. The predicted octanol–water partition coefficient (Wildman–Crippen LogP) is 0.926. The Labute approximate surface area is 87.9 Å². The van der Waals surface area contributed by atoms with E-state index in [-0.39, 0.29) is 0 Å². The second-order valence-corrected chi connectivity index (χ2v) is 3.82. The summed E-state index contributed by atoms with van der Waals surface area (Å²) in [6.07, 6.45) is 3.74. The molecule has 14 heavy (non-hydrogen) atoms. The predicted molar refractivity (Wildman–Crippen MR) is 61.3 cm³/mol. The lowest BCUT2D eigenvalue weighted by atomic mass is 10.4. The highest BCUT2D eigenvalue weighted by Crippen LogP contribution is 2.08. The number of rotatable bonds is 5. The molecule has 0 saturated carbocycles. The molecule has 0 bridgehead atoms. The maximum Gasteiger partial charge on any atom is 0.239 e. The Morgan fingerprint density at radius 1 is 1.64 bits per heavy atom. The Morgan fingerprint density at radius 3 is 3.07 bits per heavy atom. The minimum atomic E-state index is 0.380. The van der Waals surface area contributed by atoms with Crippen LogP contribution in [-0.2, 0) is 0 Å². The molecule has 0 aliphatic heterocycles. The third-order valence-electron chi connectivity index (χ3n) is 1.60. The largest absolute Gasteiger partial charge is 0.367 e. The third-order valence-corrected chi connectivity index (χ3v) is 2.43. The van der Waals surface area contributed by atoms with Crippen molar-refractivity contribution >= 4 is 23.5 Å². The van der Waals surface area contributed by atoms with Crippen LogP contribution in [0.4, 0.5) is 11.8 Å². The molecule has 78 valence electrons. The zero-order valence-corrected chi connectivity index (χ0v) is 9.14. The second kappa shape index (κ2) is 5.66. The normalized spacial score (nSPS) is 12.2. The molecule has 1 aromatic heterocycles. The summed E-state index contributed by atoms with van der Waals surface area (Å²) < 4.78 is 0. The van der Waals surface area contributed by atoms with Gasteiger partial charge in [0.15, 0.2) is 0 Å². The maximum absolute atomic E-state index is 5.20. The van der Waals surface area contributed by atoms with Crippen molar-refractivity contribution in [2.75, 3.05) is 22.8 Å². The van der Waals surface area contributed by atoms with Gasteiger partial charge in [-0.2, -0.15) is 16.7 Å². The van der Waals surface area contributed by atoms with Crippen LogP contribution in [-0.4, -0.2) is 28.0 Å². The van der Waals surface area contributed by atoms with E-state index in [4.69, 9.17) is 5.84 Å². The number of nitrogens with one attached hydrogen (secondary N) is 2. The quantitative estimate of drug-likeness (QED) is 0.499. The minimum absolute atomic E-state index is 0.380. The number of hydrogen-bond acceptors (Lipinski definition) is 6. The fourth-order valence-corrected chi connectivity index (χ4v) is 1.64. The molecule has 0 aliphatic rings. The topological polar surface area (TPSA) is 75.9 Å². The average Bonchev–Trinajstić information content (AvgIpc) is 2.18. The van der Waals surface area contributed by atoms with Gasteiger partial charge < -0.3 is 5.32 Å². The molecule has 1 unspecified atom stereocenters. The van der Waals surface area contributed by atoms with Crippen molar-refractivity contribution in [3.05, 3.63) is 12.3 Å². The molecule has 4 N–H and O–H groups in total. The van der Waals surface area contributed by atoms with Crippen molar-refractivity contribution in [1.82, 2.24) is 9.97 Å². The number of nitrogens with zero attached hydrogens (tertiary/aromatic N) is 2. The van der Waals surface area contributed by atoms with E-state index in [1.165, 1.54) is 0 Å². The van der Waals surface area contributed by atoms with E-state index in [9.17, 15) is 0 Å². The molecule has 0 radical (unpaired) electrons. The molecule has 1 heterocycles. The van der Waals surface area contributed by atoms with Gasteiger partial charge in [-0.25, -0.2) is 10.8 Å². The van der Waals surface area contributed by atoms with Crippen LogP contribution in [0.25, 0.3) is 0 Å². The molecule has 0 aliphatic carbocycles. The van der Waals surface area contributed by atoms with Gasteiger partial charge in [0.1, 0.15) is 5.82 Å². The lowest BCUT2D eigenvalue weighted by Crippen LogP contribution is -2.19. The summed E-state index contributed by atoms with van der Waals surface area (Å²) in [6.45, 7) is 2.11. The summed E-state index contributed by atoms with van der Waals surface area (Å²) in [5, 5.41) is 3.25. The lowest BCUT2D eigenvalue weighted by Gasteiger charge is -2.12. The number of hydrogen-bond donors (Lipinski definition) is 3. The molecule has 0 fully saturated rings. The number of nitrogens with two attached hydrogens (primary N) is 1. The Balaban J connectivity index is 2.57. The lowest BCUT2D eigenvalue weighted by molar-refractivity contribution is 0.899. The first kappa shape index (κ1) is 11.1. The fraction of sp³-hybridized carbons (Fsp3) is 0.500. The third kappa shape index (κ3) is 3.39. The van der Waals surface area contributed by atoms with E-state index in [0.29, 0.717) is 12.0 Å². The van der Waals surface area contributed by atoms with Crippen LogP contribution >= 0.6 is 11.8 Å². The minimum Gasteiger partial charge on any atom is -0.367 e. The Morgan fingerprint density at radius 2 is 2.43 bits per heavy atom. The number of anilines is 2. The van der Waals surface area contributed by atoms with Gasteiger partial charge in [0.05, 0.1) is 0 Å². The zero-order valence-electron chi connectivity index (χ0n) is 8.32. The van der Waals surface area contributed by atoms with E-state index >= 15 is 0 Å². The van der Waals surface area contributed by atoms with Crippen LogP contribution in [0.5, 0.6) is 0 Å². The summed E-state index contributed by atoms with van der Waals surface area (Å²) in [6, 6.07) is 2.20. The standard InChI is InChI=1S/C8H15N5S/c1-6(5-14-2)11-7-3-4-10-8(12-7)13-9/h3-4,6H,5,9H2,1-2H3,(H2,10,11,12,13). The van der Waals surface area contributed by atoms with E-state index in [2.05, 4.69) is 33.9 Å². The van der Waals surface area contributed by atoms with Crippen molar-refractivity contribution in [3.8, 4) is 0 Å². The van der Waals surface area contributed by atoms with Gasteiger partial charge in [-0.05, 0) is 19.2 Å². The Bertz CT molecular complexity index is 280. The molecule has 0 spiro atoms. The summed E-state index contributed by atoms with van der Waals surface area (Å²) in [4.78, 5) is 8.06. The average molecular weight is 213 g/mol. The smallest absolute Gasteiger partial charge is 0.239 e. The van der Waals surface area contributed by atoms with Gasteiger partial charge in [0.2, 0.25) is 5.95 Å². The van der Waals surface area contributed by atoms with Crippen molar-refractivity contribution in [2.45, 2.75) is 13.0 Å². The zero-order chi connectivity index (χ0) is 10.4. The molecule has 1 atom stereocenters. The fourth-order valence-electron chi connectivity index (χ4n) is 1.05. The number of aromatic nitrogens is 2. The molecule has 0 aromatic carbocycles. The van der Waals surface area contributed by atoms with Crippen LogP contribution in [0.1, 0.15) is 6.92 Å². The van der Waals surface area contributed by atoms with Crippen LogP contribution in [0, 0.1) is 0 Å². The van der Waals surface area contributed by atoms with Gasteiger partial charge in [-0.1, -0.05) is 0 Å². The van der Waals surface area contributed by atoms with E-state index in [1.807, 2.05) is 6.07 Å².